The van der Waals surface area contributed by atoms with Gasteiger partial charge in [0.2, 0.25) is 0 Å². The first-order valence-corrected chi connectivity index (χ1v) is 5.66. The lowest BCUT2D eigenvalue weighted by molar-refractivity contribution is 0.996. The molecule has 0 aliphatic carbocycles. The first kappa shape index (κ1) is 10.1. The maximum Gasteiger partial charge on any atom is 0.0946 e. The highest BCUT2D eigenvalue weighted by Crippen LogP contribution is 2.16. The second-order valence-electron chi connectivity index (χ2n) is 3.57. The summed E-state index contributed by atoms with van der Waals surface area (Å²) in [5.74, 6) is 0. The molecule has 1 heterocycles. The van der Waals surface area contributed by atoms with E-state index in [4.69, 9.17) is 0 Å². The summed E-state index contributed by atoms with van der Waals surface area (Å²) in [6.07, 6.45) is 0. The molecule has 2 rings (SSSR count). The summed E-state index contributed by atoms with van der Waals surface area (Å²) < 4.78 is 3.82. The van der Waals surface area contributed by atoms with Gasteiger partial charge in [-0.2, -0.15) is 0 Å². The quantitative estimate of drug-likeness (QED) is 0.862. The molecule has 0 amide bonds. The second kappa shape index (κ2) is 4.40. The van der Waals surface area contributed by atoms with Gasteiger partial charge in [-0.25, -0.2) is 0 Å². The van der Waals surface area contributed by atoms with E-state index in [1.807, 2.05) is 5.38 Å². The molecule has 15 heavy (non-hydrogen) atoms. The van der Waals surface area contributed by atoms with Crippen LogP contribution in [0.4, 0.5) is 5.69 Å². The van der Waals surface area contributed by atoms with E-state index in [0.29, 0.717) is 0 Å². The predicted molar refractivity (Wildman–Crippen MR) is 63.2 cm³/mol. The molecule has 0 unspecified atom stereocenters. The molecule has 0 atom stereocenters. The van der Waals surface area contributed by atoms with Crippen molar-refractivity contribution in [1.29, 1.82) is 0 Å². The number of hydrogen-bond donors (Lipinski definition) is 1. The fraction of sp³-hybridized carbons (Fsp3) is 0.273. The van der Waals surface area contributed by atoms with E-state index >= 15 is 0 Å². The molecular formula is C11H13N3S. The molecule has 4 heteroatoms. The summed E-state index contributed by atoms with van der Waals surface area (Å²) in [6.45, 7) is 4.94. The maximum absolute atomic E-state index is 3.98. The predicted octanol–water partition coefficient (Wildman–Crippen LogP) is 2.77. The molecule has 0 fully saturated rings. The molecule has 0 bridgehead atoms. The number of anilines is 1. The van der Waals surface area contributed by atoms with E-state index in [1.165, 1.54) is 22.7 Å². The average Bonchev–Trinajstić information content (AvgIpc) is 2.69. The van der Waals surface area contributed by atoms with Crippen molar-refractivity contribution in [2.75, 3.05) is 5.32 Å². The summed E-state index contributed by atoms with van der Waals surface area (Å²) in [7, 11) is 0. The summed E-state index contributed by atoms with van der Waals surface area (Å²) in [6, 6.07) is 6.38. The van der Waals surface area contributed by atoms with Gasteiger partial charge < -0.3 is 5.32 Å². The minimum absolute atomic E-state index is 0.737. The Morgan fingerprint density at radius 2 is 2.20 bits per heavy atom. The summed E-state index contributed by atoms with van der Waals surface area (Å²) >= 11 is 1.38. The molecule has 3 nitrogen and oxygen atoms in total. The molecule has 0 spiro atoms. The van der Waals surface area contributed by atoms with Crippen LogP contribution in [-0.4, -0.2) is 9.59 Å². The topological polar surface area (TPSA) is 37.8 Å². The molecule has 1 aromatic carbocycles. The fourth-order valence-corrected chi connectivity index (χ4v) is 1.91. The Bertz CT molecular complexity index is 437. The van der Waals surface area contributed by atoms with E-state index in [-0.39, 0.29) is 0 Å². The van der Waals surface area contributed by atoms with E-state index in [0.717, 1.165) is 17.9 Å². The van der Waals surface area contributed by atoms with Gasteiger partial charge >= 0.3 is 0 Å². The van der Waals surface area contributed by atoms with Crippen LogP contribution in [0.25, 0.3) is 0 Å². The third kappa shape index (κ3) is 2.53. The third-order valence-corrected chi connectivity index (χ3v) is 2.80. The first-order chi connectivity index (χ1) is 7.25. The van der Waals surface area contributed by atoms with Crippen molar-refractivity contribution >= 4 is 17.2 Å². The Morgan fingerprint density at radius 1 is 1.33 bits per heavy atom. The molecule has 0 aliphatic heterocycles. The number of benzene rings is 1. The highest BCUT2D eigenvalue weighted by atomic mass is 32.1. The van der Waals surface area contributed by atoms with Crippen molar-refractivity contribution in [3.8, 4) is 0 Å². The normalized spacial score (nSPS) is 10.3. The van der Waals surface area contributed by atoms with Crippen LogP contribution >= 0.6 is 11.5 Å². The van der Waals surface area contributed by atoms with Gasteiger partial charge in [0.25, 0.3) is 0 Å². The molecule has 0 radical (unpaired) electrons. The van der Waals surface area contributed by atoms with Crippen molar-refractivity contribution < 1.29 is 0 Å². The lowest BCUT2D eigenvalue weighted by Crippen LogP contribution is -2.01. The van der Waals surface area contributed by atoms with Gasteiger partial charge in [0.15, 0.2) is 0 Å². The Balaban J connectivity index is 2.05. The van der Waals surface area contributed by atoms with Crippen LogP contribution in [0.15, 0.2) is 23.6 Å². The number of nitrogens with zero attached hydrogens (tertiary/aromatic N) is 2. The molecule has 78 valence electrons. The molecule has 0 saturated heterocycles. The largest absolute Gasteiger partial charge is 0.379 e. The van der Waals surface area contributed by atoms with E-state index in [9.17, 15) is 0 Å². The van der Waals surface area contributed by atoms with Crippen LogP contribution in [0.5, 0.6) is 0 Å². The van der Waals surface area contributed by atoms with Gasteiger partial charge in [-0.05, 0) is 37.0 Å². The molecule has 1 N–H and O–H groups in total. The van der Waals surface area contributed by atoms with Crippen LogP contribution < -0.4 is 5.32 Å². The van der Waals surface area contributed by atoms with Crippen LogP contribution in [0.1, 0.15) is 16.8 Å². The summed E-state index contributed by atoms with van der Waals surface area (Å²) in [5.41, 5.74) is 4.69. The van der Waals surface area contributed by atoms with Crippen molar-refractivity contribution in [3.05, 3.63) is 40.4 Å². The molecule has 0 saturated carbocycles. The molecule has 0 aliphatic rings. The molecular weight excluding hydrogens is 206 g/mol. The first-order valence-electron chi connectivity index (χ1n) is 4.83. The zero-order chi connectivity index (χ0) is 10.7. The maximum atomic E-state index is 3.98. The minimum atomic E-state index is 0.737. The number of hydrogen-bond acceptors (Lipinski definition) is 4. The fourth-order valence-electron chi connectivity index (χ4n) is 1.46. The smallest absolute Gasteiger partial charge is 0.0946 e. The Hall–Kier alpha value is -1.42. The molecule has 1 aromatic heterocycles. The van der Waals surface area contributed by atoms with Gasteiger partial charge in [-0.15, -0.1) is 5.10 Å². The Morgan fingerprint density at radius 3 is 2.87 bits per heavy atom. The van der Waals surface area contributed by atoms with E-state index in [1.54, 1.807) is 0 Å². The zero-order valence-corrected chi connectivity index (χ0v) is 9.64. The van der Waals surface area contributed by atoms with Crippen molar-refractivity contribution in [3.63, 3.8) is 0 Å². The Kier molecular flexibility index (Phi) is 2.97. The minimum Gasteiger partial charge on any atom is -0.379 e. The van der Waals surface area contributed by atoms with Crippen molar-refractivity contribution in [2.24, 2.45) is 0 Å². The number of aromatic nitrogens is 2. The third-order valence-electron chi connectivity index (χ3n) is 2.25. The van der Waals surface area contributed by atoms with Gasteiger partial charge in [0, 0.05) is 11.1 Å². The lowest BCUT2D eigenvalue weighted by atomic mass is 10.1. The molecule has 2 aromatic rings. The van der Waals surface area contributed by atoms with E-state index in [2.05, 4.69) is 47.0 Å². The summed E-state index contributed by atoms with van der Waals surface area (Å²) in [4.78, 5) is 0. The lowest BCUT2D eigenvalue weighted by Gasteiger charge is -2.08. The number of nitrogens with one attached hydrogen (secondary N) is 1. The monoisotopic (exact) mass is 219 g/mol. The average molecular weight is 219 g/mol. The standard InChI is InChI=1S/C11H13N3S/c1-8-3-4-11(9(2)5-8)12-6-10-7-15-14-13-10/h3-5,7,12H,6H2,1-2H3. The van der Waals surface area contributed by atoms with Gasteiger partial charge in [0.05, 0.1) is 12.2 Å². The van der Waals surface area contributed by atoms with Crippen LogP contribution in [0, 0.1) is 13.8 Å². The highest BCUT2D eigenvalue weighted by Gasteiger charge is 1.99. The second-order valence-corrected chi connectivity index (χ2v) is 4.18. The van der Waals surface area contributed by atoms with Crippen LogP contribution in [0.3, 0.4) is 0 Å². The highest BCUT2D eigenvalue weighted by molar-refractivity contribution is 7.03. The summed E-state index contributed by atoms with van der Waals surface area (Å²) in [5, 5.41) is 9.29. The zero-order valence-electron chi connectivity index (χ0n) is 8.82. The Labute approximate surface area is 93.3 Å². The van der Waals surface area contributed by atoms with Crippen molar-refractivity contribution in [1.82, 2.24) is 9.59 Å². The number of rotatable bonds is 3. The van der Waals surface area contributed by atoms with Crippen LogP contribution in [0.2, 0.25) is 0 Å². The SMILES string of the molecule is Cc1ccc(NCc2csnn2)c(C)c1. The number of aryl methyl sites for hydroxylation is 2. The van der Waals surface area contributed by atoms with Crippen LogP contribution in [-0.2, 0) is 6.54 Å². The van der Waals surface area contributed by atoms with E-state index < -0.39 is 0 Å². The van der Waals surface area contributed by atoms with Crippen molar-refractivity contribution in [2.45, 2.75) is 20.4 Å². The van der Waals surface area contributed by atoms with Gasteiger partial charge in [-0.1, -0.05) is 22.2 Å². The van der Waals surface area contributed by atoms with Gasteiger partial charge in [-0.3, -0.25) is 0 Å². The van der Waals surface area contributed by atoms with Gasteiger partial charge in [0.1, 0.15) is 0 Å².